The molecule has 1 aromatic carbocycles. The second-order valence-electron chi connectivity index (χ2n) is 5.74. The summed E-state index contributed by atoms with van der Waals surface area (Å²) in [4.78, 5) is 10.9. The van der Waals surface area contributed by atoms with Crippen molar-refractivity contribution in [2.75, 3.05) is 5.73 Å². The van der Waals surface area contributed by atoms with Gasteiger partial charge in [-0.2, -0.15) is 13.2 Å². The minimum Gasteiger partial charge on any atom is -0.399 e. The molecular weight excluding hydrogens is 300 g/mol. The number of benzene rings is 1. The Morgan fingerprint density at radius 2 is 1.86 bits per heavy atom. The van der Waals surface area contributed by atoms with Crippen LogP contribution in [0.1, 0.15) is 31.2 Å². The van der Waals surface area contributed by atoms with E-state index in [1.165, 1.54) is 18.2 Å². The van der Waals surface area contributed by atoms with Crippen LogP contribution in [-0.2, 0) is 11.2 Å². The predicted octanol–water partition coefficient (Wildman–Crippen LogP) is 3.19. The van der Waals surface area contributed by atoms with Crippen molar-refractivity contribution in [1.29, 1.82) is 0 Å². The lowest BCUT2D eigenvalue weighted by Crippen LogP contribution is -2.44. The van der Waals surface area contributed by atoms with E-state index in [0.29, 0.717) is 37.8 Å². The molecule has 0 bridgehead atoms. The van der Waals surface area contributed by atoms with Crippen LogP contribution < -0.4 is 11.1 Å². The van der Waals surface area contributed by atoms with Crippen molar-refractivity contribution >= 4 is 11.6 Å². The van der Waals surface area contributed by atoms with Crippen molar-refractivity contribution in [3.8, 4) is 0 Å². The number of carbonyl (C=O) groups excluding carboxylic acids is 1. The van der Waals surface area contributed by atoms with Crippen molar-refractivity contribution in [2.24, 2.45) is 5.92 Å². The van der Waals surface area contributed by atoms with Gasteiger partial charge in [0, 0.05) is 11.7 Å². The van der Waals surface area contributed by atoms with Crippen molar-refractivity contribution in [3.05, 3.63) is 29.6 Å². The third-order valence-corrected chi connectivity index (χ3v) is 4.05. The minimum atomic E-state index is -4.84. The van der Waals surface area contributed by atoms with Gasteiger partial charge in [0.25, 0.3) is 0 Å². The zero-order valence-corrected chi connectivity index (χ0v) is 11.9. The first kappa shape index (κ1) is 16.6. The first-order valence-electron chi connectivity index (χ1n) is 7.17. The summed E-state index contributed by atoms with van der Waals surface area (Å²) >= 11 is 0. The lowest BCUT2D eigenvalue weighted by atomic mass is 9.82. The van der Waals surface area contributed by atoms with Crippen LogP contribution in [0.5, 0.6) is 0 Å². The van der Waals surface area contributed by atoms with E-state index in [1.807, 2.05) is 5.32 Å². The Morgan fingerprint density at radius 3 is 2.45 bits per heavy atom. The number of alkyl halides is 3. The number of nitrogen functional groups attached to an aromatic ring is 1. The molecule has 0 saturated heterocycles. The van der Waals surface area contributed by atoms with Crippen molar-refractivity contribution < 1.29 is 22.4 Å². The molecular formula is C15H18F4N2O. The highest BCUT2D eigenvalue weighted by Gasteiger charge is 2.40. The molecule has 0 aromatic heterocycles. The Bertz CT molecular complexity index is 537. The molecule has 22 heavy (non-hydrogen) atoms. The fraction of sp³-hybridized carbons (Fsp3) is 0.533. The summed E-state index contributed by atoms with van der Waals surface area (Å²) in [6.07, 6.45) is -1.91. The molecule has 0 aliphatic heterocycles. The first-order valence-corrected chi connectivity index (χ1v) is 7.17. The Hall–Kier alpha value is -1.79. The molecule has 0 spiro atoms. The molecule has 1 fully saturated rings. The Morgan fingerprint density at radius 1 is 1.23 bits per heavy atom. The number of hydrogen-bond acceptors (Lipinski definition) is 2. The number of amides is 1. The standard InChI is InChI=1S/C15H18F4N2O/c16-11-3-6-13(20)10(8-11)7-9-1-4-12(5-2-9)21-14(22)15(17,18)19/h3,6,8-9,12H,1-2,4-5,7,20H2,(H,21,22). The summed E-state index contributed by atoms with van der Waals surface area (Å²) in [5, 5.41) is 2.02. The average Bonchev–Trinajstić information content (AvgIpc) is 2.44. The maximum Gasteiger partial charge on any atom is 0.471 e. The average molecular weight is 318 g/mol. The van der Waals surface area contributed by atoms with Crippen molar-refractivity contribution in [1.82, 2.24) is 5.32 Å². The van der Waals surface area contributed by atoms with Gasteiger partial charge in [-0.1, -0.05) is 0 Å². The number of nitrogens with one attached hydrogen (secondary N) is 1. The van der Waals surface area contributed by atoms with E-state index < -0.39 is 18.1 Å². The van der Waals surface area contributed by atoms with Crippen LogP contribution in [0, 0.1) is 11.7 Å². The van der Waals surface area contributed by atoms with Crippen molar-refractivity contribution in [3.63, 3.8) is 0 Å². The Balaban J connectivity index is 1.85. The summed E-state index contributed by atoms with van der Waals surface area (Å²) in [5.74, 6) is -2.00. The molecule has 1 aliphatic carbocycles. The molecule has 2 rings (SSSR count). The van der Waals surface area contributed by atoms with Gasteiger partial charge in [0.1, 0.15) is 5.82 Å². The van der Waals surface area contributed by atoms with E-state index in [-0.39, 0.29) is 11.7 Å². The van der Waals surface area contributed by atoms with Gasteiger partial charge in [-0.3, -0.25) is 4.79 Å². The third kappa shape index (κ3) is 4.35. The topological polar surface area (TPSA) is 55.1 Å². The van der Waals surface area contributed by atoms with Gasteiger partial charge in [-0.05, 0) is 61.8 Å². The lowest BCUT2D eigenvalue weighted by molar-refractivity contribution is -0.174. The van der Waals surface area contributed by atoms with Crippen LogP contribution in [0.25, 0.3) is 0 Å². The molecule has 0 unspecified atom stereocenters. The Labute approximate surface area is 125 Å². The molecule has 0 atom stereocenters. The highest BCUT2D eigenvalue weighted by atomic mass is 19.4. The number of hydrogen-bond donors (Lipinski definition) is 2. The van der Waals surface area contributed by atoms with Crippen LogP contribution in [0.2, 0.25) is 0 Å². The zero-order chi connectivity index (χ0) is 16.3. The molecule has 1 saturated carbocycles. The number of nitrogens with two attached hydrogens (primary N) is 1. The number of anilines is 1. The summed E-state index contributed by atoms with van der Waals surface area (Å²) < 4.78 is 49.8. The fourth-order valence-electron chi connectivity index (χ4n) is 2.84. The van der Waals surface area contributed by atoms with E-state index >= 15 is 0 Å². The Kier molecular flexibility index (Phi) is 4.93. The van der Waals surface area contributed by atoms with Crippen LogP contribution >= 0.6 is 0 Å². The summed E-state index contributed by atoms with van der Waals surface area (Å²) in [6.45, 7) is 0. The molecule has 0 radical (unpaired) electrons. The molecule has 1 aromatic rings. The minimum absolute atomic E-state index is 0.239. The van der Waals surface area contributed by atoms with Crippen molar-refractivity contribution in [2.45, 2.75) is 44.3 Å². The monoisotopic (exact) mass is 318 g/mol. The van der Waals surface area contributed by atoms with Gasteiger partial charge in [-0.25, -0.2) is 4.39 Å². The normalized spacial score (nSPS) is 22.4. The fourth-order valence-corrected chi connectivity index (χ4v) is 2.84. The smallest absolute Gasteiger partial charge is 0.399 e. The van der Waals surface area contributed by atoms with Gasteiger partial charge in [0.15, 0.2) is 0 Å². The zero-order valence-electron chi connectivity index (χ0n) is 11.9. The van der Waals surface area contributed by atoms with E-state index in [4.69, 9.17) is 5.73 Å². The summed E-state index contributed by atoms with van der Waals surface area (Å²) in [5.41, 5.74) is 7.05. The number of rotatable bonds is 3. The van der Waals surface area contributed by atoms with E-state index in [0.717, 1.165) is 5.56 Å². The quantitative estimate of drug-likeness (QED) is 0.664. The van der Waals surface area contributed by atoms with Gasteiger partial charge in [-0.15, -0.1) is 0 Å². The molecule has 7 heteroatoms. The first-order chi connectivity index (χ1) is 10.3. The van der Waals surface area contributed by atoms with E-state index in [1.54, 1.807) is 0 Å². The molecule has 3 nitrogen and oxygen atoms in total. The number of carbonyl (C=O) groups is 1. The lowest BCUT2D eigenvalue weighted by Gasteiger charge is -2.29. The van der Waals surface area contributed by atoms with Gasteiger partial charge >= 0.3 is 12.1 Å². The molecule has 1 amide bonds. The largest absolute Gasteiger partial charge is 0.471 e. The van der Waals surface area contributed by atoms with E-state index in [9.17, 15) is 22.4 Å². The molecule has 0 heterocycles. The highest BCUT2D eigenvalue weighted by molar-refractivity contribution is 5.81. The molecule has 1 aliphatic rings. The van der Waals surface area contributed by atoms with Gasteiger partial charge < -0.3 is 11.1 Å². The summed E-state index contributed by atoms with van der Waals surface area (Å²) in [7, 11) is 0. The highest BCUT2D eigenvalue weighted by Crippen LogP contribution is 2.29. The van der Waals surface area contributed by atoms with Gasteiger partial charge in [0.2, 0.25) is 0 Å². The maximum absolute atomic E-state index is 13.2. The third-order valence-electron chi connectivity index (χ3n) is 4.05. The maximum atomic E-state index is 13.2. The molecule has 122 valence electrons. The number of halogens is 4. The SMILES string of the molecule is Nc1ccc(F)cc1CC1CCC(NC(=O)C(F)(F)F)CC1. The second-order valence-corrected chi connectivity index (χ2v) is 5.74. The second kappa shape index (κ2) is 6.54. The van der Waals surface area contributed by atoms with Crippen LogP contribution in [0.15, 0.2) is 18.2 Å². The van der Waals surface area contributed by atoms with Crippen LogP contribution in [-0.4, -0.2) is 18.1 Å². The van der Waals surface area contributed by atoms with Crippen LogP contribution in [0.3, 0.4) is 0 Å². The van der Waals surface area contributed by atoms with Gasteiger partial charge in [0.05, 0.1) is 0 Å². The van der Waals surface area contributed by atoms with Crippen LogP contribution in [0.4, 0.5) is 23.2 Å². The molecule has 3 N–H and O–H groups in total. The van der Waals surface area contributed by atoms with E-state index in [2.05, 4.69) is 0 Å². The summed E-state index contributed by atoms with van der Waals surface area (Å²) in [6, 6.07) is 3.75. The predicted molar refractivity (Wildman–Crippen MR) is 74.5 cm³/mol.